The second kappa shape index (κ2) is 5.85. The summed E-state index contributed by atoms with van der Waals surface area (Å²) in [4.78, 5) is 0. The number of anilines is 1. The summed E-state index contributed by atoms with van der Waals surface area (Å²) < 4.78 is 0. The third-order valence-electron chi connectivity index (χ3n) is 3.23. The molecule has 2 aromatic rings. The Labute approximate surface area is 124 Å². The average Bonchev–Trinajstić information content (AvgIpc) is 2.30. The number of aryl methyl sites for hydroxylation is 3. The van der Waals surface area contributed by atoms with Gasteiger partial charge in [-0.2, -0.15) is 0 Å². The molecular formula is C16H17Cl2N. The van der Waals surface area contributed by atoms with Crippen molar-refractivity contribution in [3.05, 3.63) is 62.6 Å². The Hall–Kier alpha value is -1.18. The molecule has 0 aromatic heterocycles. The number of hydrogen-bond donors (Lipinski definition) is 1. The van der Waals surface area contributed by atoms with Gasteiger partial charge in [-0.05, 0) is 55.7 Å². The summed E-state index contributed by atoms with van der Waals surface area (Å²) >= 11 is 12.0. The summed E-state index contributed by atoms with van der Waals surface area (Å²) in [5, 5.41) is 4.67. The summed E-state index contributed by atoms with van der Waals surface area (Å²) in [6.07, 6.45) is 0. The van der Waals surface area contributed by atoms with E-state index in [2.05, 4.69) is 38.2 Å². The molecule has 100 valence electrons. The van der Waals surface area contributed by atoms with Crippen LogP contribution in [0.2, 0.25) is 10.0 Å². The second-order valence-electron chi connectivity index (χ2n) is 4.85. The number of benzene rings is 2. The van der Waals surface area contributed by atoms with Crippen LogP contribution in [0.25, 0.3) is 0 Å². The van der Waals surface area contributed by atoms with Crippen molar-refractivity contribution in [1.82, 2.24) is 0 Å². The van der Waals surface area contributed by atoms with E-state index < -0.39 is 0 Å². The molecule has 0 radical (unpaired) electrons. The summed E-state index contributed by atoms with van der Waals surface area (Å²) in [5.41, 5.74) is 6.12. The van der Waals surface area contributed by atoms with Gasteiger partial charge in [-0.15, -0.1) is 0 Å². The van der Waals surface area contributed by atoms with Crippen molar-refractivity contribution in [2.24, 2.45) is 0 Å². The van der Waals surface area contributed by atoms with Gasteiger partial charge in [-0.1, -0.05) is 40.9 Å². The molecule has 0 bridgehead atoms. The highest BCUT2D eigenvalue weighted by atomic mass is 35.5. The predicted molar refractivity (Wildman–Crippen MR) is 84.4 cm³/mol. The van der Waals surface area contributed by atoms with Crippen molar-refractivity contribution < 1.29 is 0 Å². The molecule has 1 nitrogen and oxygen atoms in total. The standard InChI is InChI=1S/C16H17Cl2N/c1-10-6-11(2)14(12(3)7-10)9-19-16-5-4-13(17)8-15(16)18/h4-8,19H,9H2,1-3H3. The van der Waals surface area contributed by atoms with Crippen LogP contribution in [-0.4, -0.2) is 0 Å². The Kier molecular flexibility index (Phi) is 4.38. The monoisotopic (exact) mass is 293 g/mol. The van der Waals surface area contributed by atoms with Crippen LogP contribution in [0, 0.1) is 20.8 Å². The Morgan fingerprint density at radius 3 is 2.16 bits per heavy atom. The van der Waals surface area contributed by atoms with Gasteiger partial charge in [-0.25, -0.2) is 0 Å². The molecule has 0 spiro atoms. The molecule has 0 aliphatic carbocycles. The Morgan fingerprint density at radius 1 is 0.947 bits per heavy atom. The van der Waals surface area contributed by atoms with Gasteiger partial charge in [-0.3, -0.25) is 0 Å². The summed E-state index contributed by atoms with van der Waals surface area (Å²) in [5.74, 6) is 0. The average molecular weight is 294 g/mol. The van der Waals surface area contributed by atoms with Gasteiger partial charge >= 0.3 is 0 Å². The molecule has 0 aliphatic heterocycles. The van der Waals surface area contributed by atoms with Gasteiger partial charge in [0.05, 0.1) is 10.7 Å². The van der Waals surface area contributed by atoms with E-state index in [0.29, 0.717) is 10.0 Å². The van der Waals surface area contributed by atoms with E-state index in [1.54, 1.807) is 6.07 Å². The summed E-state index contributed by atoms with van der Waals surface area (Å²) in [6, 6.07) is 9.90. The highest BCUT2D eigenvalue weighted by Gasteiger charge is 2.05. The molecule has 2 aromatic carbocycles. The predicted octanol–water partition coefficient (Wildman–Crippen LogP) is 5.53. The van der Waals surface area contributed by atoms with Crippen molar-refractivity contribution >= 4 is 28.9 Å². The third kappa shape index (κ3) is 3.43. The summed E-state index contributed by atoms with van der Waals surface area (Å²) in [7, 11) is 0. The SMILES string of the molecule is Cc1cc(C)c(CNc2ccc(Cl)cc2Cl)c(C)c1. The molecule has 3 heteroatoms. The maximum absolute atomic E-state index is 6.15. The normalized spacial score (nSPS) is 10.6. The quantitative estimate of drug-likeness (QED) is 0.784. The number of nitrogens with one attached hydrogen (secondary N) is 1. The Bertz CT molecular complexity index is 583. The minimum absolute atomic E-state index is 0.648. The first-order valence-corrected chi connectivity index (χ1v) is 6.98. The van der Waals surface area contributed by atoms with Crippen LogP contribution in [0.3, 0.4) is 0 Å². The van der Waals surface area contributed by atoms with Crippen molar-refractivity contribution in [2.45, 2.75) is 27.3 Å². The van der Waals surface area contributed by atoms with Crippen molar-refractivity contribution in [3.8, 4) is 0 Å². The molecule has 0 amide bonds. The van der Waals surface area contributed by atoms with Crippen LogP contribution in [0.4, 0.5) is 5.69 Å². The first-order valence-electron chi connectivity index (χ1n) is 6.23. The number of rotatable bonds is 3. The topological polar surface area (TPSA) is 12.0 Å². The minimum atomic E-state index is 0.648. The summed E-state index contributed by atoms with van der Waals surface area (Å²) in [6.45, 7) is 7.16. The van der Waals surface area contributed by atoms with Gasteiger partial charge in [0.1, 0.15) is 0 Å². The molecular weight excluding hydrogens is 277 g/mol. The zero-order chi connectivity index (χ0) is 14.0. The number of hydrogen-bond acceptors (Lipinski definition) is 1. The van der Waals surface area contributed by atoms with Gasteiger partial charge in [0.25, 0.3) is 0 Å². The fourth-order valence-corrected chi connectivity index (χ4v) is 2.78. The lowest BCUT2D eigenvalue weighted by Gasteiger charge is -2.14. The van der Waals surface area contributed by atoms with Crippen molar-refractivity contribution in [1.29, 1.82) is 0 Å². The highest BCUT2D eigenvalue weighted by Crippen LogP contribution is 2.26. The molecule has 0 saturated carbocycles. The van der Waals surface area contributed by atoms with Gasteiger partial charge in [0, 0.05) is 11.6 Å². The van der Waals surface area contributed by atoms with Gasteiger partial charge in [0.2, 0.25) is 0 Å². The van der Waals surface area contributed by atoms with Gasteiger partial charge in [0.15, 0.2) is 0 Å². The number of halogens is 2. The van der Waals surface area contributed by atoms with Crippen LogP contribution in [-0.2, 0) is 6.54 Å². The van der Waals surface area contributed by atoms with E-state index >= 15 is 0 Å². The molecule has 0 saturated heterocycles. The largest absolute Gasteiger partial charge is 0.380 e. The first kappa shape index (κ1) is 14.2. The van der Waals surface area contributed by atoms with Crippen LogP contribution < -0.4 is 5.32 Å². The molecule has 0 fully saturated rings. The molecule has 2 rings (SSSR count). The Morgan fingerprint density at radius 2 is 1.58 bits per heavy atom. The lowest BCUT2D eigenvalue weighted by atomic mass is 10.00. The third-order valence-corrected chi connectivity index (χ3v) is 3.77. The molecule has 0 aliphatic rings. The van der Waals surface area contributed by atoms with E-state index in [9.17, 15) is 0 Å². The second-order valence-corrected chi connectivity index (χ2v) is 5.70. The van der Waals surface area contributed by atoms with E-state index in [0.717, 1.165) is 12.2 Å². The Balaban J connectivity index is 2.19. The van der Waals surface area contributed by atoms with Crippen LogP contribution >= 0.6 is 23.2 Å². The highest BCUT2D eigenvalue weighted by molar-refractivity contribution is 6.36. The van der Waals surface area contributed by atoms with E-state index in [4.69, 9.17) is 23.2 Å². The first-order chi connectivity index (χ1) is 8.97. The van der Waals surface area contributed by atoms with Crippen molar-refractivity contribution in [3.63, 3.8) is 0 Å². The molecule has 0 heterocycles. The lowest BCUT2D eigenvalue weighted by Crippen LogP contribution is -2.04. The fraction of sp³-hybridized carbons (Fsp3) is 0.250. The van der Waals surface area contributed by atoms with Crippen LogP contribution in [0.1, 0.15) is 22.3 Å². The van der Waals surface area contributed by atoms with Crippen molar-refractivity contribution in [2.75, 3.05) is 5.32 Å². The van der Waals surface area contributed by atoms with Crippen LogP contribution in [0.5, 0.6) is 0 Å². The molecule has 0 unspecified atom stereocenters. The smallest absolute Gasteiger partial charge is 0.0652 e. The van der Waals surface area contributed by atoms with E-state index in [1.165, 1.54) is 22.3 Å². The lowest BCUT2D eigenvalue weighted by molar-refractivity contribution is 1.08. The van der Waals surface area contributed by atoms with Gasteiger partial charge < -0.3 is 5.32 Å². The minimum Gasteiger partial charge on any atom is -0.380 e. The molecule has 0 atom stereocenters. The maximum atomic E-state index is 6.15. The van der Waals surface area contributed by atoms with Crippen LogP contribution in [0.15, 0.2) is 30.3 Å². The zero-order valence-corrected chi connectivity index (χ0v) is 12.9. The van der Waals surface area contributed by atoms with E-state index in [-0.39, 0.29) is 0 Å². The molecule has 1 N–H and O–H groups in total. The zero-order valence-electron chi connectivity index (χ0n) is 11.3. The molecule has 19 heavy (non-hydrogen) atoms. The van der Waals surface area contributed by atoms with E-state index in [1.807, 2.05) is 12.1 Å². The fourth-order valence-electron chi connectivity index (χ4n) is 2.31. The maximum Gasteiger partial charge on any atom is 0.0652 e.